The summed E-state index contributed by atoms with van der Waals surface area (Å²) in [5.74, 6) is -1.12. The molecule has 0 aliphatic carbocycles. The van der Waals surface area contributed by atoms with Crippen LogP contribution in [0.5, 0.6) is 0 Å². The molecule has 0 bridgehead atoms. The summed E-state index contributed by atoms with van der Waals surface area (Å²) in [6, 6.07) is 3.15. The lowest BCUT2D eigenvalue weighted by atomic mass is 10.1. The van der Waals surface area contributed by atoms with Crippen LogP contribution >= 0.6 is 0 Å². The van der Waals surface area contributed by atoms with Crippen LogP contribution in [0.25, 0.3) is 0 Å². The molecule has 0 amide bonds. The molecule has 6 heteroatoms. The number of pyridine rings is 1. The fraction of sp³-hybridized carbons (Fsp3) is 0.562. The highest BCUT2D eigenvalue weighted by Gasteiger charge is 2.36. The fourth-order valence-electron chi connectivity index (χ4n) is 1.75. The molecule has 122 valence electrons. The summed E-state index contributed by atoms with van der Waals surface area (Å²) in [5.41, 5.74) is 0.860. The zero-order chi connectivity index (χ0) is 17.0. The molecule has 1 rings (SSSR count). The van der Waals surface area contributed by atoms with E-state index in [1.807, 2.05) is 0 Å². The number of aromatic carboxylic acids is 1. The second kappa shape index (κ2) is 7.15. The molecule has 1 aromatic rings. The Kier molecular flexibility index (Phi) is 6.02. The number of aromatic nitrogens is 1. The van der Waals surface area contributed by atoms with Gasteiger partial charge in [0.2, 0.25) is 0 Å². The van der Waals surface area contributed by atoms with E-state index in [0.717, 1.165) is 12.0 Å². The number of carboxylic acids is 1. The van der Waals surface area contributed by atoms with Crippen LogP contribution in [0.2, 0.25) is 18.1 Å². The van der Waals surface area contributed by atoms with Crippen molar-refractivity contribution < 1.29 is 19.1 Å². The van der Waals surface area contributed by atoms with Crippen molar-refractivity contribution in [3.05, 3.63) is 29.1 Å². The monoisotopic (exact) mass is 323 g/mol. The average molecular weight is 323 g/mol. The van der Waals surface area contributed by atoms with E-state index in [2.05, 4.69) is 38.8 Å². The van der Waals surface area contributed by atoms with Gasteiger partial charge in [0.25, 0.3) is 0 Å². The van der Waals surface area contributed by atoms with Crippen molar-refractivity contribution in [1.82, 2.24) is 4.98 Å². The molecule has 0 fully saturated rings. The third kappa shape index (κ3) is 5.03. The fourth-order valence-corrected chi connectivity index (χ4v) is 2.83. The summed E-state index contributed by atoms with van der Waals surface area (Å²) < 4.78 is 6.09. The molecule has 0 saturated heterocycles. The standard InChI is InChI=1S/C16H25NO4Si/c1-16(2,3)22(4,5)21-8-6-7-12-9-13(11-18)17-14(10-12)15(19)20/h9-11H,6-8H2,1-5H3,(H,19,20). The van der Waals surface area contributed by atoms with Crippen LogP contribution < -0.4 is 0 Å². The number of hydrogen-bond donors (Lipinski definition) is 1. The minimum absolute atomic E-state index is 0.0927. The number of carbonyl (C=O) groups excluding carboxylic acids is 1. The number of nitrogens with zero attached hydrogens (tertiary/aromatic N) is 1. The lowest BCUT2D eigenvalue weighted by molar-refractivity contribution is 0.0690. The second-order valence-electron chi connectivity index (χ2n) is 6.92. The number of hydrogen-bond acceptors (Lipinski definition) is 4. The summed E-state index contributed by atoms with van der Waals surface area (Å²) in [5, 5.41) is 9.17. The Hall–Kier alpha value is -1.53. The summed E-state index contributed by atoms with van der Waals surface area (Å²) in [4.78, 5) is 25.6. The smallest absolute Gasteiger partial charge is 0.354 e. The summed E-state index contributed by atoms with van der Waals surface area (Å²) in [6.45, 7) is 11.6. The molecule has 0 aliphatic heterocycles. The van der Waals surface area contributed by atoms with Crippen LogP contribution in [0, 0.1) is 0 Å². The second-order valence-corrected chi connectivity index (χ2v) is 11.7. The van der Waals surface area contributed by atoms with Crippen LogP contribution in [0.15, 0.2) is 12.1 Å². The van der Waals surface area contributed by atoms with Gasteiger partial charge in [-0.15, -0.1) is 0 Å². The van der Waals surface area contributed by atoms with Gasteiger partial charge in [-0.25, -0.2) is 9.78 Å². The van der Waals surface area contributed by atoms with Crippen molar-refractivity contribution in [1.29, 1.82) is 0 Å². The maximum atomic E-state index is 11.0. The SMILES string of the molecule is CC(C)(C)[Si](C)(C)OCCCc1cc(C=O)nc(C(=O)O)c1. The van der Waals surface area contributed by atoms with Crippen LogP contribution in [0.1, 0.15) is 53.7 Å². The summed E-state index contributed by atoms with van der Waals surface area (Å²) in [7, 11) is -1.75. The normalized spacial score (nSPS) is 12.2. The third-order valence-corrected chi connectivity index (χ3v) is 8.66. The van der Waals surface area contributed by atoms with Gasteiger partial charge in [-0.2, -0.15) is 0 Å². The first-order valence-electron chi connectivity index (χ1n) is 7.40. The molecule has 0 spiro atoms. The molecule has 1 N–H and O–H groups in total. The third-order valence-electron chi connectivity index (χ3n) is 4.12. The van der Waals surface area contributed by atoms with Crippen LogP contribution in [0.4, 0.5) is 0 Å². The minimum Gasteiger partial charge on any atom is -0.477 e. The van der Waals surface area contributed by atoms with Crippen molar-refractivity contribution in [3.8, 4) is 0 Å². The summed E-state index contributed by atoms with van der Waals surface area (Å²) >= 11 is 0. The lowest BCUT2D eigenvalue weighted by Crippen LogP contribution is -2.41. The first-order chi connectivity index (χ1) is 10.1. The van der Waals surface area contributed by atoms with Crippen LogP contribution in [-0.2, 0) is 10.8 Å². The first-order valence-corrected chi connectivity index (χ1v) is 10.3. The molecule has 0 atom stereocenters. The number of carboxylic acid groups (broad SMARTS) is 1. The first kappa shape index (κ1) is 18.5. The van der Waals surface area contributed by atoms with Crippen molar-refractivity contribution in [2.45, 2.75) is 51.7 Å². The predicted octanol–water partition coefficient (Wildman–Crippen LogP) is 3.55. The highest BCUT2D eigenvalue weighted by atomic mass is 28.4. The van der Waals surface area contributed by atoms with E-state index in [0.29, 0.717) is 19.3 Å². The Morgan fingerprint density at radius 3 is 2.50 bits per heavy atom. The van der Waals surface area contributed by atoms with E-state index < -0.39 is 14.3 Å². The van der Waals surface area contributed by atoms with Gasteiger partial charge >= 0.3 is 5.97 Å². The van der Waals surface area contributed by atoms with Gasteiger partial charge in [-0.1, -0.05) is 20.8 Å². The van der Waals surface area contributed by atoms with Gasteiger partial charge in [0.1, 0.15) is 11.4 Å². The molecule has 0 radical (unpaired) electrons. The van der Waals surface area contributed by atoms with Gasteiger partial charge in [0.05, 0.1) is 0 Å². The van der Waals surface area contributed by atoms with E-state index in [1.165, 1.54) is 6.07 Å². The van der Waals surface area contributed by atoms with Crippen molar-refractivity contribution in [2.24, 2.45) is 0 Å². The summed E-state index contributed by atoms with van der Waals surface area (Å²) in [6.07, 6.45) is 2.02. The van der Waals surface area contributed by atoms with E-state index in [4.69, 9.17) is 9.53 Å². The number of aldehydes is 1. The molecule has 22 heavy (non-hydrogen) atoms. The molecule has 0 unspecified atom stereocenters. The van der Waals surface area contributed by atoms with Crippen molar-refractivity contribution in [3.63, 3.8) is 0 Å². The molecule has 5 nitrogen and oxygen atoms in total. The van der Waals surface area contributed by atoms with Crippen LogP contribution in [0.3, 0.4) is 0 Å². The van der Waals surface area contributed by atoms with E-state index >= 15 is 0 Å². The molecular formula is C16H25NO4Si. The predicted molar refractivity (Wildman–Crippen MR) is 88.1 cm³/mol. The lowest BCUT2D eigenvalue weighted by Gasteiger charge is -2.36. The van der Waals surface area contributed by atoms with E-state index in [9.17, 15) is 9.59 Å². The Balaban J connectivity index is 2.64. The maximum absolute atomic E-state index is 11.0. The van der Waals surface area contributed by atoms with Gasteiger partial charge in [0, 0.05) is 6.61 Å². The molecule has 0 aliphatic rings. The van der Waals surface area contributed by atoms with Gasteiger partial charge < -0.3 is 9.53 Å². The Bertz CT molecular complexity index is 550. The number of rotatable bonds is 7. The van der Waals surface area contributed by atoms with Gasteiger partial charge in [0.15, 0.2) is 14.6 Å². The largest absolute Gasteiger partial charge is 0.477 e. The average Bonchev–Trinajstić information content (AvgIpc) is 2.42. The Morgan fingerprint density at radius 2 is 2.00 bits per heavy atom. The van der Waals surface area contributed by atoms with Gasteiger partial charge in [-0.3, -0.25) is 4.79 Å². The topological polar surface area (TPSA) is 76.5 Å². The zero-order valence-electron chi connectivity index (χ0n) is 14.0. The quantitative estimate of drug-likeness (QED) is 0.472. The van der Waals surface area contributed by atoms with E-state index in [1.54, 1.807) is 6.07 Å². The Morgan fingerprint density at radius 1 is 1.36 bits per heavy atom. The molecule has 0 saturated carbocycles. The maximum Gasteiger partial charge on any atom is 0.354 e. The molecular weight excluding hydrogens is 298 g/mol. The Labute approximate surface area is 132 Å². The molecule has 1 aromatic heterocycles. The van der Waals surface area contributed by atoms with Crippen LogP contribution in [-0.4, -0.2) is 37.3 Å². The molecule has 1 heterocycles. The zero-order valence-corrected chi connectivity index (χ0v) is 15.0. The highest BCUT2D eigenvalue weighted by Crippen LogP contribution is 2.36. The van der Waals surface area contributed by atoms with E-state index in [-0.39, 0.29) is 16.4 Å². The van der Waals surface area contributed by atoms with Gasteiger partial charge in [-0.05, 0) is 48.7 Å². The van der Waals surface area contributed by atoms with Crippen molar-refractivity contribution >= 4 is 20.6 Å². The number of carbonyl (C=O) groups is 2. The van der Waals surface area contributed by atoms with Crippen molar-refractivity contribution in [2.75, 3.05) is 6.61 Å². The molecule has 0 aromatic carbocycles. The number of aryl methyl sites for hydroxylation is 1. The highest BCUT2D eigenvalue weighted by molar-refractivity contribution is 6.74. The minimum atomic E-state index is -1.75.